The van der Waals surface area contributed by atoms with Crippen LogP contribution in [0.15, 0.2) is 78.9 Å². The number of carbonyl (C=O) groups excluding carboxylic acids is 2. The average Bonchev–Trinajstić information content (AvgIpc) is 3.25. The highest BCUT2D eigenvalue weighted by Crippen LogP contribution is 2.41. The van der Waals surface area contributed by atoms with Crippen molar-refractivity contribution in [1.82, 2.24) is 9.78 Å². The number of carbonyl (C=O) groups is 2. The molecule has 4 aromatic rings. The molecule has 7 nitrogen and oxygen atoms in total. The van der Waals surface area contributed by atoms with Gasteiger partial charge in [0.15, 0.2) is 5.92 Å². The maximum atomic E-state index is 13.5. The van der Waals surface area contributed by atoms with Gasteiger partial charge in [0.25, 0.3) is 0 Å². The van der Waals surface area contributed by atoms with Gasteiger partial charge in [-0.25, -0.2) is 4.68 Å². The molecule has 0 spiro atoms. The third-order valence-corrected chi connectivity index (χ3v) is 5.72. The van der Waals surface area contributed by atoms with Crippen molar-refractivity contribution in [2.75, 3.05) is 5.32 Å². The monoisotopic (exact) mass is 468 g/mol. The number of amides is 1. The van der Waals surface area contributed by atoms with E-state index >= 15 is 0 Å². The summed E-state index contributed by atoms with van der Waals surface area (Å²) in [5, 5.41) is 17.4. The zero-order valence-corrected chi connectivity index (χ0v) is 18.5. The largest absolute Gasteiger partial charge is 0.488 e. The fourth-order valence-corrected chi connectivity index (χ4v) is 4.05. The second-order valence-corrected chi connectivity index (χ2v) is 8.07. The first-order chi connectivity index (χ1) is 16.6. The van der Waals surface area contributed by atoms with Crippen molar-refractivity contribution in [3.8, 4) is 28.8 Å². The molecule has 166 valence electrons. The lowest BCUT2D eigenvalue weighted by molar-refractivity contribution is -0.117. The number of aromatic nitrogens is 2. The number of hydrogen-bond donors (Lipinski definition) is 1. The van der Waals surface area contributed by atoms with Crippen LogP contribution in [0.4, 0.5) is 5.69 Å². The van der Waals surface area contributed by atoms with Crippen LogP contribution in [0.1, 0.15) is 16.1 Å². The van der Waals surface area contributed by atoms with Crippen LogP contribution in [0.5, 0.6) is 5.75 Å². The Morgan fingerprint density at radius 2 is 1.76 bits per heavy atom. The Hall–Kier alpha value is -4.41. The standard InChI is InChI=1S/C26H17ClN4O3/c27-16-11-12-19-22(13-16)34-15-21-23(30-31(24(19)21)18-9-5-2-6-10-18)25(32)20(14-28)26(33)29-17-7-3-1-4-8-17/h1-13,20H,15H2,(H,29,33). The van der Waals surface area contributed by atoms with Crippen LogP contribution >= 0.6 is 11.6 Å². The molecule has 5 rings (SSSR count). The molecule has 0 saturated carbocycles. The molecule has 1 aliphatic rings. The Morgan fingerprint density at radius 3 is 2.47 bits per heavy atom. The van der Waals surface area contributed by atoms with Crippen LogP contribution in [0, 0.1) is 17.2 Å². The molecule has 1 unspecified atom stereocenters. The molecule has 1 atom stereocenters. The summed E-state index contributed by atoms with van der Waals surface area (Å²) < 4.78 is 7.51. The minimum Gasteiger partial charge on any atom is -0.488 e. The van der Waals surface area contributed by atoms with Crippen molar-refractivity contribution in [1.29, 1.82) is 5.26 Å². The number of hydrogen-bond acceptors (Lipinski definition) is 5. The summed E-state index contributed by atoms with van der Waals surface area (Å²) >= 11 is 6.14. The quantitative estimate of drug-likeness (QED) is 0.326. The zero-order valence-electron chi connectivity index (χ0n) is 17.7. The third kappa shape index (κ3) is 3.81. The molecule has 1 aromatic heterocycles. The van der Waals surface area contributed by atoms with Crippen molar-refractivity contribution in [3.05, 3.63) is 95.1 Å². The molecular weight excluding hydrogens is 452 g/mol. The van der Waals surface area contributed by atoms with Crippen molar-refractivity contribution in [3.63, 3.8) is 0 Å². The number of ketones is 1. The first-order valence-electron chi connectivity index (χ1n) is 10.5. The number of para-hydroxylation sites is 2. The number of nitriles is 1. The Balaban J connectivity index is 1.60. The van der Waals surface area contributed by atoms with Gasteiger partial charge in [-0.2, -0.15) is 10.4 Å². The Labute approximate surface area is 200 Å². The fourth-order valence-electron chi connectivity index (χ4n) is 3.89. The predicted molar refractivity (Wildman–Crippen MR) is 127 cm³/mol. The predicted octanol–water partition coefficient (Wildman–Crippen LogP) is 5.05. The van der Waals surface area contributed by atoms with Gasteiger partial charge in [0.05, 0.1) is 17.5 Å². The molecule has 3 aromatic carbocycles. The van der Waals surface area contributed by atoms with E-state index in [1.165, 1.54) is 0 Å². The molecule has 1 amide bonds. The maximum Gasteiger partial charge on any atom is 0.249 e. The van der Waals surface area contributed by atoms with Crippen molar-refractivity contribution < 1.29 is 14.3 Å². The highest BCUT2D eigenvalue weighted by atomic mass is 35.5. The SMILES string of the molecule is N#CC(C(=O)Nc1ccccc1)C(=O)c1nn(-c2ccccc2)c2c1COc1cc(Cl)ccc1-2. The Morgan fingerprint density at radius 1 is 1.06 bits per heavy atom. The van der Waals surface area contributed by atoms with Crippen LogP contribution in [0.3, 0.4) is 0 Å². The van der Waals surface area contributed by atoms with E-state index in [0.717, 1.165) is 5.69 Å². The second-order valence-electron chi connectivity index (χ2n) is 7.63. The molecule has 0 radical (unpaired) electrons. The van der Waals surface area contributed by atoms with Crippen LogP contribution in [0.25, 0.3) is 16.9 Å². The van der Waals surface area contributed by atoms with Crippen LogP contribution < -0.4 is 10.1 Å². The minimum atomic E-state index is -1.57. The topological polar surface area (TPSA) is 97.0 Å². The van der Waals surface area contributed by atoms with E-state index in [0.29, 0.717) is 33.3 Å². The smallest absolute Gasteiger partial charge is 0.249 e. The summed E-state index contributed by atoms with van der Waals surface area (Å²) in [6.45, 7) is 0.0506. The highest BCUT2D eigenvalue weighted by Gasteiger charge is 2.36. The van der Waals surface area contributed by atoms with Gasteiger partial charge in [0, 0.05) is 21.8 Å². The highest BCUT2D eigenvalue weighted by molar-refractivity contribution is 6.30. The number of nitrogens with zero attached hydrogens (tertiary/aromatic N) is 3. The van der Waals surface area contributed by atoms with E-state index in [1.54, 1.807) is 53.2 Å². The molecular formula is C26H17ClN4O3. The minimum absolute atomic E-state index is 0.0224. The average molecular weight is 469 g/mol. The Kier molecular flexibility index (Phi) is 5.58. The first kappa shape index (κ1) is 21.4. The summed E-state index contributed by atoms with van der Waals surface area (Å²) in [6.07, 6.45) is 0. The van der Waals surface area contributed by atoms with Gasteiger partial charge in [-0.1, -0.05) is 48.0 Å². The molecule has 1 N–H and O–H groups in total. The van der Waals surface area contributed by atoms with E-state index < -0.39 is 17.6 Å². The van der Waals surface area contributed by atoms with Gasteiger partial charge >= 0.3 is 0 Å². The third-order valence-electron chi connectivity index (χ3n) is 5.48. The molecule has 8 heteroatoms. The van der Waals surface area contributed by atoms with E-state index in [1.807, 2.05) is 36.4 Å². The lowest BCUT2D eigenvalue weighted by atomic mass is 9.96. The van der Waals surface area contributed by atoms with Crippen LogP contribution in [-0.2, 0) is 11.4 Å². The van der Waals surface area contributed by atoms with Crippen LogP contribution in [-0.4, -0.2) is 21.5 Å². The summed E-state index contributed by atoms with van der Waals surface area (Å²) in [5.41, 5.74) is 3.12. The zero-order chi connectivity index (χ0) is 23.7. The number of ether oxygens (including phenoxy) is 1. The number of nitrogens with one attached hydrogen (secondary N) is 1. The molecule has 0 fully saturated rings. The molecule has 34 heavy (non-hydrogen) atoms. The van der Waals surface area contributed by atoms with Crippen LogP contribution in [0.2, 0.25) is 5.02 Å². The molecule has 1 aliphatic heterocycles. The molecule has 2 heterocycles. The van der Waals surface area contributed by atoms with Gasteiger partial charge < -0.3 is 10.1 Å². The van der Waals surface area contributed by atoms with Gasteiger partial charge in [0.2, 0.25) is 11.7 Å². The molecule has 0 saturated heterocycles. The van der Waals surface area contributed by atoms with E-state index in [2.05, 4.69) is 10.4 Å². The summed E-state index contributed by atoms with van der Waals surface area (Å²) in [6, 6.07) is 25.0. The molecule has 0 aliphatic carbocycles. The number of benzene rings is 3. The molecule has 0 bridgehead atoms. The Bertz CT molecular complexity index is 1440. The summed E-state index contributed by atoms with van der Waals surface area (Å²) in [7, 11) is 0. The van der Waals surface area contributed by atoms with Gasteiger partial charge in [-0.05, 0) is 42.5 Å². The van der Waals surface area contributed by atoms with Gasteiger partial charge in [-0.15, -0.1) is 0 Å². The number of halogens is 1. The van der Waals surface area contributed by atoms with Gasteiger partial charge in [0.1, 0.15) is 18.1 Å². The summed E-state index contributed by atoms with van der Waals surface area (Å²) in [5.74, 6) is -2.42. The maximum absolute atomic E-state index is 13.5. The van der Waals surface area contributed by atoms with Crippen molar-refractivity contribution in [2.45, 2.75) is 6.61 Å². The normalized spacial score (nSPS) is 12.5. The first-order valence-corrected chi connectivity index (χ1v) is 10.8. The van der Waals surface area contributed by atoms with Crippen molar-refractivity contribution in [2.24, 2.45) is 5.92 Å². The van der Waals surface area contributed by atoms with Gasteiger partial charge in [-0.3, -0.25) is 9.59 Å². The number of Topliss-reactive ketones (excluding diaryl/α,β-unsaturated/α-hetero) is 1. The van der Waals surface area contributed by atoms with E-state index in [9.17, 15) is 14.9 Å². The van der Waals surface area contributed by atoms with Crippen molar-refractivity contribution >= 4 is 29.0 Å². The number of rotatable bonds is 5. The lowest BCUT2D eigenvalue weighted by Crippen LogP contribution is -2.29. The number of fused-ring (bicyclic) bond motifs is 3. The van der Waals surface area contributed by atoms with E-state index in [4.69, 9.17) is 16.3 Å². The van der Waals surface area contributed by atoms with E-state index in [-0.39, 0.29) is 12.3 Å². The lowest BCUT2D eigenvalue weighted by Gasteiger charge is -2.20. The summed E-state index contributed by atoms with van der Waals surface area (Å²) in [4.78, 5) is 26.3. The second kappa shape index (κ2) is 8.85. The number of anilines is 1. The fraction of sp³-hybridized carbons (Fsp3) is 0.0769.